The van der Waals surface area contributed by atoms with Crippen molar-refractivity contribution in [3.05, 3.63) is 33.6 Å². The monoisotopic (exact) mass is 295 g/mol. The van der Waals surface area contributed by atoms with Gasteiger partial charge >= 0.3 is 5.97 Å². The maximum absolute atomic E-state index is 11.5. The van der Waals surface area contributed by atoms with Gasteiger partial charge in [0.1, 0.15) is 6.04 Å². The Labute approximate surface area is 121 Å². The van der Waals surface area contributed by atoms with Gasteiger partial charge in [-0.25, -0.2) is 4.68 Å². The first-order valence-electron chi connectivity index (χ1n) is 6.10. The Morgan fingerprint density at radius 2 is 2.40 bits per heavy atom. The van der Waals surface area contributed by atoms with Gasteiger partial charge < -0.3 is 9.84 Å². The molecule has 20 heavy (non-hydrogen) atoms. The maximum atomic E-state index is 11.5. The van der Waals surface area contributed by atoms with Gasteiger partial charge in [0, 0.05) is 18.5 Å². The summed E-state index contributed by atoms with van der Waals surface area (Å²) in [6.45, 7) is 2.27. The van der Waals surface area contributed by atoms with Crippen molar-refractivity contribution in [2.75, 3.05) is 7.11 Å². The predicted molar refractivity (Wildman–Crippen MR) is 76.0 cm³/mol. The van der Waals surface area contributed by atoms with Gasteiger partial charge in [0.2, 0.25) is 5.88 Å². The van der Waals surface area contributed by atoms with Gasteiger partial charge in [0.15, 0.2) is 0 Å². The molecule has 0 fully saturated rings. The van der Waals surface area contributed by atoms with Crippen LogP contribution in [-0.4, -0.2) is 28.0 Å². The number of nitrogens with zero attached hydrogens (tertiary/aromatic N) is 2. The van der Waals surface area contributed by atoms with Crippen molar-refractivity contribution in [1.82, 2.24) is 15.1 Å². The Balaban J connectivity index is 2.27. The number of ether oxygens (including phenoxy) is 1. The molecule has 0 aliphatic heterocycles. The summed E-state index contributed by atoms with van der Waals surface area (Å²) in [6, 6.07) is 3.05. The minimum Gasteiger partial charge on any atom is -0.481 e. The van der Waals surface area contributed by atoms with E-state index >= 15 is 0 Å². The maximum Gasteiger partial charge on any atom is 0.325 e. The molecule has 0 saturated heterocycles. The quantitative estimate of drug-likeness (QED) is 0.848. The molecule has 2 heterocycles. The molecule has 0 saturated carbocycles. The lowest BCUT2D eigenvalue weighted by atomic mass is 10.1. The summed E-state index contributed by atoms with van der Waals surface area (Å²) >= 11 is 1.58. The van der Waals surface area contributed by atoms with Crippen LogP contribution >= 0.6 is 11.3 Å². The topological polar surface area (TPSA) is 76.4 Å². The van der Waals surface area contributed by atoms with Gasteiger partial charge in [-0.15, -0.1) is 11.3 Å². The average Bonchev–Trinajstić information content (AvgIpc) is 2.98. The fourth-order valence-corrected chi connectivity index (χ4v) is 2.81. The number of thiophene rings is 1. The van der Waals surface area contributed by atoms with E-state index in [-0.39, 0.29) is 0 Å². The standard InChI is InChI=1S/C13H17N3O3S/c1-8-10(12(19-3)16(2)15-8)11(13(17)18)14-7-9-5-4-6-20-9/h4-6,11,14H,7H2,1-3H3,(H,17,18). The van der Waals surface area contributed by atoms with E-state index in [1.807, 2.05) is 17.5 Å². The fraction of sp³-hybridized carbons (Fsp3) is 0.385. The number of carbonyl (C=O) groups is 1. The van der Waals surface area contributed by atoms with Crippen LogP contribution in [0.4, 0.5) is 0 Å². The minimum absolute atomic E-state index is 0.466. The van der Waals surface area contributed by atoms with Gasteiger partial charge in [-0.1, -0.05) is 6.07 Å². The molecule has 0 amide bonds. The molecule has 0 aromatic carbocycles. The highest BCUT2D eigenvalue weighted by Gasteiger charge is 2.28. The lowest BCUT2D eigenvalue weighted by Gasteiger charge is -2.15. The van der Waals surface area contributed by atoms with Gasteiger partial charge in [-0.2, -0.15) is 5.10 Å². The van der Waals surface area contributed by atoms with Gasteiger partial charge in [0.05, 0.1) is 18.4 Å². The number of carboxylic acid groups (broad SMARTS) is 1. The minimum atomic E-state index is -0.948. The van der Waals surface area contributed by atoms with E-state index in [2.05, 4.69) is 10.4 Å². The van der Waals surface area contributed by atoms with Crippen LogP contribution in [0, 0.1) is 6.92 Å². The smallest absolute Gasteiger partial charge is 0.325 e. The van der Waals surface area contributed by atoms with Crippen LogP contribution in [0.1, 0.15) is 22.2 Å². The number of hydrogen-bond acceptors (Lipinski definition) is 5. The first-order valence-corrected chi connectivity index (χ1v) is 6.98. The molecule has 0 spiro atoms. The molecule has 2 N–H and O–H groups in total. The molecule has 0 aliphatic rings. The molecule has 1 unspecified atom stereocenters. The third-order valence-corrected chi connectivity index (χ3v) is 3.88. The molecule has 0 radical (unpaired) electrons. The average molecular weight is 295 g/mol. The Hall–Kier alpha value is -1.86. The Kier molecular flexibility index (Phi) is 4.41. The molecule has 6 nitrogen and oxygen atoms in total. The SMILES string of the molecule is COc1c(C(NCc2cccs2)C(=O)O)c(C)nn1C. The number of aromatic nitrogens is 2. The van der Waals surface area contributed by atoms with Gasteiger partial charge in [-0.05, 0) is 18.4 Å². The third kappa shape index (κ3) is 2.83. The molecular weight excluding hydrogens is 278 g/mol. The van der Waals surface area contributed by atoms with Crippen molar-refractivity contribution in [1.29, 1.82) is 0 Å². The summed E-state index contributed by atoms with van der Waals surface area (Å²) in [4.78, 5) is 12.6. The normalized spacial score (nSPS) is 12.3. The van der Waals surface area contributed by atoms with Crippen molar-refractivity contribution in [2.45, 2.75) is 19.5 Å². The van der Waals surface area contributed by atoms with Gasteiger partial charge in [-0.3, -0.25) is 10.1 Å². The van der Waals surface area contributed by atoms with Crippen LogP contribution in [0.5, 0.6) is 5.88 Å². The molecule has 108 valence electrons. The van der Waals surface area contributed by atoms with Crippen LogP contribution in [0.15, 0.2) is 17.5 Å². The predicted octanol–water partition coefficient (Wildman–Crippen LogP) is 1.71. The van der Waals surface area contributed by atoms with E-state index < -0.39 is 12.0 Å². The summed E-state index contributed by atoms with van der Waals surface area (Å²) in [5.74, 6) is -0.482. The van der Waals surface area contributed by atoms with Crippen molar-refractivity contribution in [2.24, 2.45) is 7.05 Å². The summed E-state index contributed by atoms with van der Waals surface area (Å²) in [6.07, 6.45) is 0. The van der Waals surface area contributed by atoms with Crippen molar-refractivity contribution < 1.29 is 14.6 Å². The van der Waals surface area contributed by atoms with Crippen LogP contribution in [-0.2, 0) is 18.4 Å². The van der Waals surface area contributed by atoms with Crippen molar-refractivity contribution >= 4 is 17.3 Å². The zero-order valence-electron chi connectivity index (χ0n) is 11.6. The molecule has 7 heteroatoms. The van der Waals surface area contributed by atoms with E-state index in [1.165, 1.54) is 7.11 Å². The number of hydrogen-bond donors (Lipinski definition) is 2. The molecule has 1 atom stereocenters. The number of carboxylic acids is 1. The molecular formula is C13H17N3O3S. The highest BCUT2D eigenvalue weighted by Crippen LogP contribution is 2.28. The fourth-order valence-electron chi connectivity index (χ4n) is 2.16. The lowest BCUT2D eigenvalue weighted by molar-refractivity contribution is -0.139. The first kappa shape index (κ1) is 14.5. The van der Waals surface area contributed by atoms with E-state index in [0.29, 0.717) is 23.7 Å². The van der Waals surface area contributed by atoms with Crippen LogP contribution in [0.2, 0.25) is 0 Å². The summed E-state index contributed by atoms with van der Waals surface area (Å²) < 4.78 is 6.81. The number of rotatable bonds is 6. The largest absolute Gasteiger partial charge is 0.481 e. The van der Waals surface area contributed by atoms with Gasteiger partial charge in [0.25, 0.3) is 0 Å². The van der Waals surface area contributed by atoms with Crippen molar-refractivity contribution in [3.63, 3.8) is 0 Å². The van der Waals surface area contributed by atoms with Crippen molar-refractivity contribution in [3.8, 4) is 5.88 Å². The van der Waals surface area contributed by atoms with E-state index in [0.717, 1.165) is 4.88 Å². The zero-order chi connectivity index (χ0) is 14.7. The number of aryl methyl sites for hydroxylation is 2. The summed E-state index contributed by atoms with van der Waals surface area (Å²) in [7, 11) is 3.24. The summed E-state index contributed by atoms with van der Waals surface area (Å²) in [5.41, 5.74) is 1.22. The van der Waals surface area contributed by atoms with Crippen LogP contribution in [0.3, 0.4) is 0 Å². The van der Waals surface area contributed by atoms with Crippen LogP contribution < -0.4 is 10.1 Å². The Bertz CT molecular complexity index is 592. The first-order chi connectivity index (χ1) is 9.54. The molecule has 0 aliphatic carbocycles. The third-order valence-electron chi connectivity index (χ3n) is 3.00. The second-order valence-electron chi connectivity index (χ2n) is 4.36. The number of methoxy groups -OCH3 is 1. The van der Waals surface area contributed by atoms with E-state index in [9.17, 15) is 9.90 Å². The Morgan fingerprint density at radius 3 is 2.95 bits per heavy atom. The van der Waals surface area contributed by atoms with E-state index in [1.54, 1.807) is 30.0 Å². The summed E-state index contributed by atoms with van der Waals surface area (Å²) in [5, 5.41) is 18.7. The second kappa shape index (κ2) is 6.06. The Morgan fingerprint density at radius 1 is 1.65 bits per heavy atom. The number of nitrogens with one attached hydrogen (secondary N) is 1. The highest BCUT2D eigenvalue weighted by molar-refractivity contribution is 7.09. The lowest BCUT2D eigenvalue weighted by Crippen LogP contribution is -2.28. The number of aliphatic carboxylic acids is 1. The molecule has 2 aromatic rings. The van der Waals surface area contributed by atoms with Crippen LogP contribution in [0.25, 0.3) is 0 Å². The second-order valence-corrected chi connectivity index (χ2v) is 5.40. The molecule has 2 rings (SSSR count). The molecule has 2 aromatic heterocycles. The molecule has 0 bridgehead atoms. The van der Waals surface area contributed by atoms with E-state index in [4.69, 9.17) is 4.74 Å². The highest BCUT2D eigenvalue weighted by atomic mass is 32.1. The zero-order valence-corrected chi connectivity index (χ0v) is 12.4.